The van der Waals surface area contributed by atoms with E-state index in [2.05, 4.69) is 10.4 Å². The van der Waals surface area contributed by atoms with Gasteiger partial charge in [0.05, 0.1) is 39.4 Å². The Morgan fingerprint density at radius 3 is 2.59 bits per heavy atom. The molecule has 1 saturated heterocycles. The molecule has 10 heteroatoms. The smallest absolute Gasteiger partial charge is 0.320 e. The number of amides is 2. The molecule has 0 bridgehead atoms. The van der Waals surface area contributed by atoms with Crippen molar-refractivity contribution in [2.75, 3.05) is 16.8 Å². The molecule has 2 fully saturated rings. The van der Waals surface area contributed by atoms with E-state index in [9.17, 15) is 22.8 Å². The Hall–Kier alpha value is -3.33. The lowest BCUT2D eigenvalue weighted by molar-refractivity contribution is -0.137. The Morgan fingerprint density at radius 2 is 1.91 bits per heavy atom. The van der Waals surface area contributed by atoms with E-state index in [4.69, 9.17) is 11.6 Å². The van der Waals surface area contributed by atoms with Crippen LogP contribution in [0.3, 0.4) is 0 Å². The maximum Gasteiger partial charge on any atom is 0.416 e. The summed E-state index contributed by atoms with van der Waals surface area (Å²) in [5.41, 5.74) is 1.29. The zero-order valence-corrected chi connectivity index (χ0v) is 18.7. The minimum absolute atomic E-state index is 0.0120. The van der Waals surface area contributed by atoms with Gasteiger partial charge in [-0.2, -0.15) is 18.3 Å². The number of hydrogen-bond donors (Lipinski definition) is 1. The molecule has 34 heavy (non-hydrogen) atoms. The van der Waals surface area contributed by atoms with Crippen LogP contribution < -0.4 is 10.2 Å². The first kappa shape index (κ1) is 22.5. The molecule has 3 aromatic rings. The molecule has 0 unspecified atom stereocenters. The molecule has 1 aromatic heterocycles. The lowest BCUT2D eigenvalue weighted by atomic mass is 10.1. The molecule has 0 radical (unpaired) electrons. The largest absolute Gasteiger partial charge is 0.416 e. The summed E-state index contributed by atoms with van der Waals surface area (Å²) < 4.78 is 41.0. The molecular weight excluding hydrogens is 469 g/mol. The van der Waals surface area contributed by atoms with Crippen LogP contribution in [0.1, 0.15) is 53.2 Å². The van der Waals surface area contributed by atoms with Gasteiger partial charge in [-0.25, -0.2) is 4.68 Å². The van der Waals surface area contributed by atoms with Crippen molar-refractivity contribution in [1.82, 2.24) is 9.78 Å². The van der Waals surface area contributed by atoms with Crippen molar-refractivity contribution in [3.05, 3.63) is 70.5 Å². The Labute approximate surface area is 198 Å². The summed E-state index contributed by atoms with van der Waals surface area (Å²) in [4.78, 5) is 26.9. The topological polar surface area (TPSA) is 67.2 Å². The monoisotopic (exact) mass is 488 g/mol. The fourth-order valence-corrected chi connectivity index (χ4v) is 4.35. The number of carbonyl (C=O) groups excluding carboxylic acids is 2. The van der Waals surface area contributed by atoms with Gasteiger partial charge in [-0.1, -0.05) is 17.7 Å². The van der Waals surface area contributed by atoms with Gasteiger partial charge in [-0.05, 0) is 55.7 Å². The standard InChI is InChI=1S/C24H20ClF3N4O2/c25-19-9-8-16(31-10-2-5-21(31)33)12-20(19)30-23(34)18-13-29-32(22(18)14-6-7-14)17-4-1-3-15(11-17)24(26,27)28/h1,3-4,8-9,11-14H,2,5-7,10H2,(H,30,34). The quantitative estimate of drug-likeness (QED) is 0.493. The number of nitrogens with one attached hydrogen (secondary N) is 1. The van der Waals surface area contributed by atoms with E-state index >= 15 is 0 Å². The predicted molar refractivity (Wildman–Crippen MR) is 122 cm³/mol. The molecule has 0 spiro atoms. The Balaban J connectivity index is 1.46. The number of aromatic nitrogens is 2. The van der Waals surface area contributed by atoms with E-state index in [0.717, 1.165) is 31.4 Å². The zero-order valence-electron chi connectivity index (χ0n) is 17.9. The third kappa shape index (κ3) is 4.27. The maximum absolute atomic E-state index is 13.2. The van der Waals surface area contributed by atoms with Crippen LogP contribution in [0.15, 0.2) is 48.7 Å². The van der Waals surface area contributed by atoms with Crippen molar-refractivity contribution in [3.8, 4) is 5.69 Å². The first-order valence-electron chi connectivity index (χ1n) is 10.9. The minimum Gasteiger partial charge on any atom is -0.320 e. The fourth-order valence-electron chi connectivity index (χ4n) is 4.19. The molecule has 2 aromatic carbocycles. The fraction of sp³-hybridized carbons (Fsp3) is 0.292. The first-order chi connectivity index (χ1) is 16.2. The average Bonchev–Trinajstić information content (AvgIpc) is 3.39. The summed E-state index contributed by atoms with van der Waals surface area (Å²) in [6, 6.07) is 9.86. The molecule has 2 amide bonds. The first-order valence-corrected chi connectivity index (χ1v) is 11.3. The number of carbonyl (C=O) groups is 2. The van der Waals surface area contributed by atoms with Crippen LogP contribution in [0.25, 0.3) is 5.69 Å². The predicted octanol–water partition coefficient (Wildman–Crippen LogP) is 5.80. The van der Waals surface area contributed by atoms with Gasteiger partial charge >= 0.3 is 6.18 Å². The third-order valence-corrected chi connectivity index (χ3v) is 6.35. The van der Waals surface area contributed by atoms with Gasteiger partial charge in [0, 0.05) is 24.6 Å². The SMILES string of the molecule is O=C(Nc1cc(N2CCCC2=O)ccc1Cl)c1cnn(-c2cccc(C(F)(F)F)c2)c1C1CC1. The summed E-state index contributed by atoms with van der Waals surface area (Å²) >= 11 is 6.30. The number of benzene rings is 2. The molecule has 1 aliphatic heterocycles. The lowest BCUT2D eigenvalue weighted by Gasteiger charge is -2.18. The van der Waals surface area contributed by atoms with Crippen molar-refractivity contribution in [2.45, 2.75) is 37.8 Å². The van der Waals surface area contributed by atoms with Crippen LogP contribution in [0.2, 0.25) is 5.02 Å². The number of alkyl halides is 3. The maximum atomic E-state index is 13.2. The van der Waals surface area contributed by atoms with Crippen molar-refractivity contribution < 1.29 is 22.8 Å². The van der Waals surface area contributed by atoms with Gasteiger partial charge in [0.1, 0.15) is 0 Å². The van der Waals surface area contributed by atoms with Gasteiger partial charge in [-0.3, -0.25) is 9.59 Å². The highest BCUT2D eigenvalue weighted by Gasteiger charge is 2.35. The average molecular weight is 489 g/mol. The van der Waals surface area contributed by atoms with E-state index in [1.165, 1.54) is 23.0 Å². The van der Waals surface area contributed by atoms with Gasteiger partial charge in [-0.15, -0.1) is 0 Å². The second kappa shape index (κ2) is 8.47. The van der Waals surface area contributed by atoms with E-state index < -0.39 is 17.6 Å². The van der Waals surface area contributed by atoms with Crippen molar-refractivity contribution in [2.24, 2.45) is 0 Å². The number of hydrogen-bond acceptors (Lipinski definition) is 3. The number of anilines is 2. The lowest BCUT2D eigenvalue weighted by Crippen LogP contribution is -2.24. The zero-order chi connectivity index (χ0) is 24.0. The normalized spacial score (nSPS) is 16.2. The highest BCUT2D eigenvalue weighted by Crippen LogP contribution is 2.43. The van der Waals surface area contributed by atoms with E-state index in [1.54, 1.807) is 23.1 Å². The molecule has 1 saturated carbocycles. The van der Waals surface area contributed by atoms with Crippen LogP contribution in [0.5, 0.6) is 0 Å². The Kier molecular flexibility index (Phi) is 5.59. The van der Waals surface area contributed by atoms with E-state index in [1.807, 2.05) is 0 Å². The molecular formula is C24H20ClF3N4O2. The molecule has 2 aliphatic rings. The van der Waals surface area contributed by atoms with Crippen molar-refractivity contribution in [3.63, 3.8) is 0 Å². The molecule has 2 heterocycles. The molecule has 6 nitrogen and oxygen atoms in total. The van der Waals surface area contributed by atoms with Crippen molar-refractivity contribution >= 4 is 34.8 Å². The highest BCUT2D eigenvalue weighted by molar-refractivity contribution is 6.34. The summed E-state index contributed by atoms with van der Waals surface area (Å²) in [7, 11) is 0. The molecule has 1 aliphatic carbocycles. The van der Waals surface area contributed by atoms with E-state index in [-0.39, 0.29) is 23.1 Å². The molecule has 176 valence electrons. The van der Waals surface area contributed by atoms with Gasteiger partial charge in [0.2, 0.25) is 5.91 Å². The summed E-state index contributed by atoms with van der Waals surface area (Å²) in [6.45, 7) is 0.601. The van der Waals surface area contributed by atoms with E-state index in [0.29, 0.717) is 35.1 Å². The van der Waals surface area contributed by atoms with Crippen LogP contribution in [-0.2, 0) is 11.0 Å². The van der Waals surface area contributed by atoms with Crippen LogP contribution in [-0.4, -0.2) is 28.1 Å². The van der Waals surface area contributed by atoms with Gasteiger partial charge in [0.15, 0.2) is 0 Å². The summed E-state index contributed by atoms with van der Waals surface area (Å²) in [5, 5.41) is 7.34. The second-order valence-electron chi connectivity index (χ2n) is 8.44. The van der Waals surface area contributed by atoms with Crippen LogP contribution in [0, 0.1) is 0 Å². The molecule has 5 rings (SSSR count). The highest BCUT2D eigenvalue weighted by atomic mass is 35.5. The van der Waals surface area contributed by atoms with Gasteiger partial charge in [0.25, 0.3) is 5.91 Å². The number of rotatable bonds is 5. The number of halogens is 4. The minimum atomic E-state index is -4.48. The molecule has 1 N–H and O–H groups in total. The van der Waals surface area contributed by atoms with Gasteiger partial charge < -0.3 is 10.2 Å². The third-order valence-electron chi connectivity index (χ3n) is 6.02. The number of nitrogens with zero attached hydrogens (tertiary/aromatic N) is 3. The summed E-state index contributed by atoms with van der Waals surface area (Å²) in [5.74, 6) is -0.424. The second-order valence-corrected chi connectivity index (χ2v) is 8.85. The summed E-state index contributed by atoms with van der Waals surface area (Å²) in [6.07, 6.45) is -0.241. The molecule has 0 atom stereocenters. The Bertz CT molecular complexity index is 1280. The van der Waals surface area contributed by atoms with Crippen molar-refractivity contribution in [1.29, 1.82) is 0 Å². The van der Waals surface area contributed by atoms with Crippen LogP contribution in [0.4, 0.5) is 24.5 Å². The Morgan fingerprint density at radius 1 is 1.12 bits per heavy atom. The van der Waals surface area contributed by atoms with Crippen LogP contribution >= 0.6 is 11.6 Å².